The first-order valence-corrected chi connectivity index (χ1v) is 6.57. The minimum Gasteiger partial charge on any atom is -0.389 e. The van der Waals surface area contributed by atoms with E-state index < -0.39 is 0 Å². The number of hydrogen-bond acceptors (Lipinski definition) is 5. The summed E-state index contributed by atoms with van der Waals surface area (Å²) in [5.74, 6) is 0. The Morgan fingerprint density at radius 3 is 2.71 bits per heavy atom. The zero-order chi connectivity index (χ0) is 11.7. The van der Waals surface area contributed by atoms with Crippen molar-refractivity contribution < 1.29 is 19.4 Å². The van der Waals surface area contributed by atoms with Crippen LogP contribution in [0.25, 0.3) is 0 Å². The van der Waals surface area contributed by atoms with Gasteiger partial charge in [-0.3, -0.25) is 4.84 Å². The summed E-state index contributed by atoms with van der Waals surface area (Å²) in [5.41, 5.74) is -0.00192. The maximum atomic E-state index is 9.51. The van der Waals surface area contributed by atoms with Crippen LogP contribution in [0.2, 0.25) is 0 Å². The summed E-state index contributed by atoms with van der Waals surface area (Å²) in [6.45, 7) is 3.47. The Bertz CT molecular complexity index is 262. The van der Waals surface area contributed by atoms with E-state index in [1.54, 1.807) is 0 Å². The molecular formula is C12H21NO4. The minimum absolute atomic E-state index is 0.00192. The molecule has 17 heavy (non-hydrogen) atoms. The third kappa shape index (κ3) is 2.48. The number of hydrogen-bond donors (Lipinski definition) is 1. The SMILES string of the molecule is O[C@H]1CON(C2CCOC3(CCOCC3)C2)C1. The number of hydroxylamine groups is 2. The van der Waals surface area contributed by atoms with Crippen LogP contribution in [0.4, 0.5) is 0 Å². The number of ether oxygens (including phenoxy) is 2. The van der Waals surface area contributed by atoms with E-state index in [0.29, 0.717) is 19.2 Å². The van der Waals surface area contributed by atoms with Crippen molar-refractivity contribution in [1.29, 1.82) is 0 Å². The lowest BCUT2D eigenvalue weighted by molar-refractivity contribution is -0.205. The lowest BCUT2D eigenvalue weighted by Crippen LogP contribution is -2.50. The van der Waals surface area contributed by atoms with Crippen LogP contribution in [0.5, 0.6) is 0 Å². The van der Waals surface area contributed by atoms with Gasteiger partial charge in [-0.05, 0) is 25.7 Å². The molecule has 3 fully saturated rings. The van der Waals surface area contributed by atoms with Crippen LogP contribution in [-0.2, 0) is 14.3 Å². The summed E-state index contributed by atoms with van der Waals surface area (Å²) in [6.07, 6.45) is 3.64. The van der Waals surface area contributed by atoms with E-state index in [0.717, 1.165) is 45.5 Å². The molecule has 0 bridgehead atoms. The van der Waals surface area contributed by atoms with Gasteiger partial charge in [-0.25, -0.2) is 0 Å². The minimum atomic E-state index is -0.330. The van der Waals surface area contributed by atoms with Crippen molar-refractivity contribution in [1.82, 2.24) is 5.06 Å². The summed E-state index contributed by atoms with van der Waals surface area (Å²) < 4.78 is 11.4. The van der Waals surface area contributed by atoms with Gasteiger partial charge < -0.3 is 14.6 Å². The molecule has 3 saturated heterocycles. The fraction of sp³-hybridized carbons (Fsp3) is 1.00. The van der Waals surface area contributed by atoms with Gasteiger partial charge in [-0.2, -0.15) is 5.06 Å². The number of rotatable bonds is 1. The van der Waals surface area contributed by atoms with Crippen molar-refractivity contribution in [2.45, 2.75) is 43.4 Å². The smallest absolute Gasteiger partial charge is 0.0958 e. The molecule has 3 heterocycles. The molecule has 2 atom stereocenters. The molecule has 0 saturated carbocycles. The molecule has 3 aliphatic heterocycles. The van der Waals surface area contributed by atoms with E-state index in [1.807, 2.05) is 5.06 Å². The molecule has 0 aromatic rings. The highest BCUT2D eigenvalue weighted by atomic mass is 16.7. The van der Waals surface area contributed by atoms with E-state index in [1.165, 1.54) is 0 Å². The second-order valence-corrected chi connectivity index (χ2v) is 5.34. The fourth-order valence-corrected chi connectivity index (χ4v) is 3.09. The van der Waals surface area contributed by atoms with Gasteiger partial charge in [-0.15, -0.1) is 0 Å². The molecule has 98 valence electrons. The van der Waals surface area contributed by atoms with Gasteiger partial charge in [0.2, 0.25) is 0 Å². The third-order valence-electron chi connectivity index (χ3n) is 4.10. The van der Waals surface area contributed by atoms with Crippen LogP contribution in [0.3, 0.4) is 0 Å². The number of aliphatic hydroxyl groups is 1. The molecule has 5 nitrogen and oxygen atoms in total. The summed E-state index contributed by atoms with van der Waals surface area (Å²) in [6, 6.07) is 0.388. The second-order valence-electron chi connectivity index (χ2n) is 5.34. The molecular weight excluding hydrogens is 222 g/mol. The van der Waals surface area contributed by atoms with Gasteiger partial charge in [0.1, 0.15) is 0 Å². The zero-order valence-corrected chi connectivity index (χ0v) is 10.1. The lowest BCUT2D eigenvalue weighted by Gasteiger charge is -2.45. The number of nitrogens with zero attached hydrogens (tertiary/aromatic N) is 1. The third-order valence-corrected chi connectivity index (χ3v) is 4.10. The average molecular weight is 243 g/mol. The zero-order valence-electron chi connectivity index (χ0n) is 10.1. The predicted molar refractivity (Wildman–Crippen MR) is 60.4 cm³/mol. The summed E-state index contributed by atoms with van der Waals surface area (Å²) >= 11 is 0. The molecule has 1 spiro atoms. The Morgan fingerprint density at radius 1 is 1.18 bits per heavy atom. The Labute approximate surface area is 102 Å². The van der Waals surface area contributed by atoms with Gasteiger partial charge in [0.05, 0.1) is 24.9 Å². The molecule has 0 aromatic heterocycles. The van der Waals surface area contributed by atoms with E-state index in [2.05, 4.69) is 0 Å². The van der Waals surface area contributed by atoms with Crippen molar-refractivity contribution in [3.63, 3.8) is 0 Å². The van der Waals surface area contributed by atoms with Crippen LogP contribution in [0.15, 0.2) is 0 Å². The van der Waals surface area contributed by atoms with E-state index in [9.17, 15) is 5.11 Å². The Morgan fingerprint density at radius 2 is 2.00 bits per heavy atom. The normalized spacial score (nSPS) is 38.6. The Balaban J connectivity index is 1.62. The number of β-amino-alcohol motifs (C(OH)–C–C–N with tert-alkyl or cyclic N) is 1. The molecule has 3 rings (SSSR count). The fourth-order valence-electron chi connectivity index (χ4n) is 3.09. The Kier molecular flexibility index (Phi) is 3.36. The molecule has 1 unspecified atom stereocenters. The van der Waals surface area contributed by atoms with Crippen LogP contribution < -0.4 is 0 Å². The summed E-state index contributed by atoms with van der Waals surface area (Å²) in [5, 5.41) is 11.5. The van der Waals surface area contributed by atoms with Gasteiger partial charge in [-0.1, -0.05) is 0 Å². The molecule has 3 aliphatic rings. The average Bonchev–Trinajstić information content (AvgIpc) is 2.77. The molecule has 0 aliphatic carbocycles. The monoisotopic (exact) mass is 243 g/mol. The quantitative estimate of drug-likeness (QED) is 0.719. The van der Waals surface area contributed by atoms with Gasteiger partial charge in [0.25, 0.3) is 0 Å². The van der Waals surface area contributed by atoms with E-state index in [4.69, 9.17) is 14.3 Å². The van der Waals surface area contributed by atoms with Gasteiger partial charge in [0, 0.05) is 25.9 Å². The molecule has 1 N–H and O–H groups in total. The predicted octanol–water partition coefficient (Wildman–Crippen LogP) is 0.323. The van der Waals surface area contributed by atoms with Crippen molar-refractivity contribution in [3.05, 3.63) is 0 Å². The molecule has 0 radical (unpaired) electrons. The van der Waals surface area contributed by atoms with Crippen LogP contribution >= 0.6 is 0 Å². The molecule has 5 heteroatoms. The van der Waals surface area contributed by atoms with Gasteiger partial charge >= 0.3 is 0 Å². The maximum absolute atomic E-state index is 9.51. The second kappa shape index (κ2) is 4.82. The first kappa shape index (κ1) is 11.9. The Hall–Kier alpha value is -0.200. The molecule has 0 amide bonds. The highest BCUT2D eigenvalue weighted by molar-refractivity contribution is 4.92. The van der Waals surface area contributed by atoms with Crippen molar-refractivity contribution >= 4 is 0 Å². The van der Waals surface area contributed by atoms with Crippen molar-refractivity contribution in [2.24, 2.45) is 0 Å². The lowest BCUT2D eigenvalue weighted by atomic mass is 9.84. The van der Waals surface area contributed by atoms with E-state index >= 15 is 0 Å². The maximum Gasteiger partial charge on any atom is 0.0958 e. The highest BCUT2D eigenvalue weighted by Crippen LogP contribution is 2.36. The first-order valence-electron chi connectivity index (χ1n) is 6.57. The van der Waals surface area contributed by atoms with Gasteiger partial charge in [0.15, 0.2) is 0 Å². The van der Waals surface area contributed by atoms with Crippen LogP contribution in [0.1, 0.15) is 25.7 Å². The summed E-state index contributed by atoms with van der Waals surface area (Å²) in [7, 11) is 0. The standard InChI is InChI=1S/C12H21NO4/c14-11-8-13(17-9-11)10-1-4-16-12(7-10)2-5-15-6-3-12/h10-11,14H,1-9H2/t10?,11-/m1/s1. The summed E-state index contributed by atoms with van der Waals surface area (Å²) in [4.78, 5) is 5.54. The van der Waals surface area contributed by atoms with Crippen molar-refractivity contribution in [3.8, 4) is 0 Å². The first-order chi connectivity index (χ1) is 8.27. The van der Waals surface area contributed by atoms with Crippen LogP contribution in [-0.4, -0.2) is 60.9 Å². The topological polar surface area (TPSA) is 51.2 Å². The van der Waals surface area contributed by atoms with Crippen molar-refractivity contribution in [2.75, 3.05) is 33.0 Å². The van der Waals surface area contributed by atoms with E-state index in [-0.39, 0.29) is 11.7 Å². The number of aliphatic hydroxyl groups excluding tert-OH is 1. The van der Waals surface area contributed by atoms with Crippen LogP contribution in [0, 0.1) is 0 Å². The largest absolute Gasteiger partial charge is 0.389 e. The molecule has 0 aromatic carbocycles. The highest BCUT2D eigenvalue weighted by Gasteiger charge is 2.42.